The monoisotopic (exact) mass is 344 g/mol. The molecule has 110 valence electrons. The summed E-state index contributed by atoms with van der Waals surface area (Å²) >= 11 is -0.872. The Morgan fingerprint density at radius 2 is 1.62 bits per heavy atom. The first-order chi connectivity index (χ1) is 10.1. The van der Waals surface area contributed by atoms with Crippen molar-refractivity contribution < 1.29 is 9.90 Å². The molecule has 1 atom stereocenters. The summed E-state index contributed by atoms with van der Waals surface area (Å²) in [5.74, 6) is -0.752. The van der Waals surface area contributed by atoms with E-state index in [9.17, 15) is 4.79 Å². The van der Waals surface area contributed by atoms with E-state index in [-0.39, 0.29) is 6.42 Å². The zero-order chi connectivity index (χ0) is 15.1. The average Bonchev–Trinajstić information content (AvgIpc) is 2.47. The predicted octanol–water partition coefficient (Wildman–Crippen LogP) is 3.76. The van der Waals surface area contributed by atoms with Gasteiger partial charge in [-0.1, -0.05) is 0 Å². The summed E-state index contributed by atoms with van der Waals surface area (Å²) in [4.78, 5) is 10.9. The molecule has 2 aromatic rings. The van der Waals surface area contributed by atoms with Gasteiger partial charge < -0.3 is 0 Å². The zero-order valence-electron chi connectivity index (χ0n) is 12.3. The molecule has 0 aromatic heterocycles. The van der Waals surface area contributed by atoms with Crippen LogP contribution in [0.3, 0.4) is 0 Å². The first-order valence-corrected chi connectivity index (χ1v) is 11.7. The Labute approximate surface area is 131 Å². The van der Waals surface area contributed by atoms with E-state index in [4.69, 9.17) is 5.11 Å². The molecule has 2 nitrogen and oxygen atoms in total. The average molecular weight is 344 g/mol. The molecule has 2 aromatic carbocycles. The van der Waals surface area contributed by atoms with E-state index in [0.29, 0.717) is 0 Å². The van der Waals surface area contributed by atoms with Crippen molar-refractivity contribution in [1.29, 1.82) is 0 Å². The van der Waals surface area contributed by atoms with E-state index in [0.717, 1.165) is 12.0 Å². The van der Waals surface area contributed by atoms with E-state index in [1.807, 2.05) is 18.2 Å². The van der Waals surface area contributed by atoms with Crippen molar-refractivity contribution in [2.45, 2.75) is 29.0 Å². The van der Waals surface area contributed by atoms with Gasteiger partial charge in [-0.25, -0.2) is 0 Å². The maximum absolute atomic E-state index is 10.9. The summed E-state index contributed by atoms with van der Waals surface area (Å²) in [5.41, 5.74) is 6.00. The fraction of sp³-hybridized carbons (Fsp3) is 0.278. The van der Waals surface area contributed by atoms with Crippen molar-refractivity contribution in [3.05, 3.63) is 71.3 Å². The number of carboxylic acids is 1. The molecule has 0 amide bonds. The van der Waals surface area contributed by atoms with Gasteiger partial charge >= 0.3 is 131 Å². The number of hydrogen-bond acceptors (Lipinski definition) is 1. The number of carbonyl (C=O) groups is 1. The normalized spacial score (nSPS) is 12.0. The molecule has 3 heteroatoms. The SMILES string of the molecule is C[As](CCc1ccccc1CC(=O)O)Cc1ccccc1. The van der Waals surface area contributed by atoms with Crippen molar-refractivity contribution in [2.75, 3.05) is 0 Å². The van der Waals surface area contributed by atoms with E-state index in [1.54, 1.807) is 0 Å². The number of aryl methyl sites for hydroxylation is 1. The first-order valence-electron chi connectivity index (χ1n) is 7.16. The molecule has 1 N–H and O–H groups in total. The Bertz CT molecular complexity index is 581. The fourth-order valence-corrected chi connectivity index (χ4v) is 5.81. The molecule has 21 heavy (non-hydrogen) atoms. The number of hydrogen-bond donors (Lipinski definition) is 1. The van der Waals surface area contributed by atoms with E-state index in [1.165, 1.54) is 21.5 Å². The van der Waals surface area contributed by atoms with Gasteiger partial charge in [0.05, 0.1) is 0 Å². The third-order valence-corrected chi connectivity index (χ3v) is 7.49. The quantitative estimate of drug-likeness (QED) is 0.777. The molecule has 0 bridgehead atoms. The molecular weight excluding hydrogens is 323 g/mol. The number of aliphatic carboxylic acids is 1. The van der Waals surface area contributed by atoms with Crippen LogP contribution in [0.15, 0.2) is 54.6 Å². The Morgan fingerprint density at radius 3 is 2.29 bits per heavy atom. The molecule has 1 unspecified atom stereocenters. The van der Waals surface area contributed by atoms with Gasteiger partial charge in [-0.05, 0) is 0 Å². The summed E-state index contributed by atoms with van der Waals surface area (Å²) in [6.07, 6.45) is 1.14. The Morgan fingerprint density at radius 1 is 1.00 bits per heavy atom. The van der Waals surface area contributed by atoms with Crippen molar-refractivity contribution in [1.82, 2.24) is 0 Å². The third kappa shape index (κ3) is 5.40. The van der Waals surface area contributed by atoms with Gasteiger partial charge in [-0.3, -0.25) is 0 Å². The van der Waals surface area contributed by atoms with Gasteiger partial charge in [-0.15, -0.1) is 0 Å². The molecule has 0 spiro atoms. The van der Waals surface area contributed by atoms with Crippen molar-refractivity contribution in [2.24, 2.45) is 0 Å². The standard InChI is InChI=1S/C18H21AsO2/c1-19(14-15-7-3-2-4-8-15)12-11-16-9-5-6-10-17(16)13-18(20)21/h2-10H,11-14H2,1H3,(H,20,21). The summed E-state index contributed by atoms with van der Waals surface area (Å²) in [6, 6.07) is 18.6. The third-order valence-electron chi connectivity index (χ3n) is 3.52. The van der Waals surface area contributed by atoms with Crippen molar-refractivity contribution in [3.8, 4) is 0 Å². The second-order valence-corrected chi connectivity index (χ2v) is 10.5. The van der Waals surface area contributed by atoms with Crippen LogP contribution >= 0.6 is 0 Å². The zero-order valence-corrected chi connectivity index (χ0v) is 14.2. The van der Waals surface area contributed by atoms with Gasteiger partial charge in [-0.2, -0.15) is 0 Å². The molecule has 2 rings (SSSR count). The number of rotatable bonds is 7. The second kappa shape index (κ2) is 8.04. The predicted molar refractivity (Wildman–Crippen MR) is 88.1 cm³/mol. The summed E-state index contributed by atoms with van der Waals surface area (Å²) in [5, 5.41) is 11.4. The number of carboxylic acid groups (broad SMARTS) is 1. The topological polar surface area (TPSA) is 37.3 Å². The van der Waals surface area contributed by atoms with E-state index >= 15 is 0 Å². The minimum atomic E-state index is -0.872. The molecular formula is C18H21AsO2. The first kappa shape index (κ1) is 15.8. The van der Waals surface area contributed by atoms with Crippen LogP contribution < -0.4 is 0 Å². The molecule has 0 aliphatic rings. The number of benzene rings is 2. The second-order valence-electron chi connectivity index (χ2n) is 5.31. The van der Waals surface area contributed by atoms with Crippen LogP contribution in [0, 0.1) is 0 Å². The molecule has 0 saturated heterocycles. The Balaban J connectivity index is 1.92. The van der Waals surface area contributed by atoms with Crippen molar-refractivity contribution >= 4 is 20.6 Å². The van der Waals surface area contributed by atoms with Gasteiger partial charge in [0.1, 0.15) is 0 Å². The summed E-state index contributed by atoms with van der Waals surface area (Å²) < 4.78 is 0. The van der Waals surface area contributed by atoms with Gasteiger partial charge in [0.25, 0.3) is 0 Å². The van der Waals surface area contributed by atoms with E-state index in [2.05, 4.69) is 42.1 Å². The van der Waals surface area contributed by atoms with Crippen LogP contribution in [-0.2, 0) is 22.8 Å². The molecule has 0 radical (unpaired) electrons. The molecule has 0 saturated carbocycles. The van der Waals surface area contributed by atoms with E-state index < -0.39 is 20.6 Å². The van der Waals surface area contributed by atoms with Gasteiger partial charge in [0.15, 0.2) is 0 Å². The Kier molecular flexibility index (Phi) is 6.07. The molecule has 0 fully saturated rings. The van der Waals surface area contributed by atoms with Crippen LogP contribution in [0.4, 0.5) is 0 Å². The Hall–Kier alpha value is -1.53. The molecule has 0 aliphatic carbocycles. The van der Waals surface area contributed by atoms with Crippen molar-refractivity contribution in [3.63, 3.8) is 0 Å². The van der Waals surface area contributed by atoms with Gasteiger partial charge in [0, 0.05) is 0 Å². The van der Waals surface area contributed by atoms with Crippen LogP contribution in [0.1, 0.15) is 16.7 Å². The molecule has 0 aliphatic heterocycles. The van der Waals surface area contributed by atoms with Gasteiger partial charge in [0.2, 0.25) is 0 Å². The maximum atomic E-state index is 10.9. The fourth-order valence-electron chi connectivity index (χ4n) is 2.42. The van der Waals surface area contributed by atoms with Crippen LogP contribution in [0.5, 0.6) is 0 Å². The summed E-state index contributed by atoms with van der Waals surface area (Å²) in [6.45, 7) is 0. The summed E-state index contributed by atoms with van der Waals surface area (Å²) in [7, 11) is 0. The van der Waals surface area contributed by atoms with Crippen LogP contribution in [-0.4, -0.2) is 25.7 Å². The van der Waals surface area contributed by atoms with Crippen LogP contribution in [0.2, 0.25) is 10.9 Å². The minimum absolute atomic E-state index is 0.131. The molecule has 0 heterocycles. The van der Waals surface area contributed by atoms with Crippen LogP contribution in [0.25, 0.3) is 0 Å².